The molecule has 0 saturated carbocycles. The number of amides is 1. The molecule has 1 heterocycles. The summed E-state index contributed by atoms with van der Waals surface area (Å²) >= 11 is 0. The van der Waals surface area contributed by atoms with Crippen LogP contribution in [0.2, 0.25) is 0 Å². The Morgan fingerprint density at radius 1 is 1.04 bits per heavy atom. The number of carbonyl (C=O) groups excluding carboxylic acids is 2. The molecule has 0 spiro atoms. The summed E-state index contributed by atoms with van der Waals surface area (Å²) in [5.41, 5.74) is 1.57. The van der Waals surface area contributed by atoms with Crippen molar-refractivity contribution in [3.8, 4) is 23.0 Å². The fraction of sp³-hybridized carbons (Fsp3) is 0.200. The van der Waals surface area contributed by atoms with E-state index in [9.17, 15) is 9.59 Å². The van der Waals surface area contributed by atoms with Crippen LogP contribution in [-0.2, 0) is 4.79 Å². The topological polar surface area (TPSA) is 83.1 Å². The molecule has 2 aromatic rings. The molecule has 0 aliphatic carbocycles. The Bertz CT molecular complexity index is 919. The monoisotopic (exact) mass is 369 g/mol. The smallest absolute Gasteiger partial charge is 0.262 e. The van der Waals surface area contributed by atoms with Crippen molar-refractivity contribution in [1.29, 1.82) is 0 Å². The first kappa shape index (κ1) is 18.3. The average molecular weight is 369 g/mol. The number of methoxy groups -OCH3 is 3. The van der Waals surface area contributed by atoms with Gasteiger partial charge in [-0.05, 0) is 36.4 Å². The van der Waals surface area contributed by atoms with Crippen LogP contribution >= 0.6 is 0 Å². The first-order valence-electron chi connectivity index (χ1n) is 8.15. The highest BCUT2D eigenvalue weighted by atomic mass is 16.5. The lowest BCUT2D eigenvalue weighted by atomic mass is 10.1. The van der Waals surface area contributed by atoms with E-state index in [2.05, 4.69) is 5.32 Å². The zero-order chi connectivity index (χ0) is 19.4. The number of benzene rings is 2. The molecule has 1 aliphatic rings. The summed E-state index contributed by atoms with van der Waals surface area (Å²) in [6, 6.07) is 8.31. The van der Waals surface area contributed by atoms with Crippen molar-refractivity contribution in [3.05, 3.63) is 47.5 Å². The Kier molecular flexibility index (Phi) is 5.30. The summed E-state index contributed by atoms with van der Waals surface area (Å²) in [5.74, 6) is 1.66. The fourth-order valence-electron chi connectivity index (χ4n) is 2.68. The minimum absolute atomic E-state index is 0.0285. The second-order valence-electron chi connectivity index (χ2n) is 5.69. The van der Waals surface area contributed by atoms with E-state index in [1.807, 2.05) is 0 Å². The lowest BCUT2D eigenvalue weighted by Crippen LogP contribution is -2.25. The number of carbonyl (C=O) groups is 2. The number of anilines is 1. The van der Waals surface area contributed by atoms with Crippen molar-refractivity contribution in [2.45, 2.75) is 0 Å². The normalized spacial score (nSPS) is 12.8. The van der Waals surface area contributed by atoms with E-state index < -0.39 is 0 Å². The number of hydrogen-bond acceptors (Lipinski definition) is 6. The first-order valence-corrected chi connectivity index (χ1v) is 8.15. The van der Waals surface area contributed by atoms with Gasteiger partial charge in [0.1, 0.15) is 11.5 Å². The molecule has 1 N–H and O–H groups in total. The van der Waals surface area contributed by atoms with Crippen molar-refractivity contribution in [2.75, 3.05) is 33.3 Å². The van der Waals surface area contributed by atoms with Gasteiger partial charge >= 0.3 is 0 Å². The number of fused-ring (bicyclic) bond motifs is 1. The number of ketones is 1. The third-order valence-corrected chi connectivity index (χ3v) is 4.05. The van der Waals surface area contributed by atoms with E-state index in [4.69, 9.17) is 18.9 Å². The van der Waals surface area contributed by atoms with Gasteiger partial charge in [-0.15, -0.1) is 0 Å². The zero-order valence-electron chi connectivity index (χ0n) is 15.2. The van der Waals surface area contributed by atoms with Crippen LogP contribution in [0.5, 0.6) is 23.0 Å². The molecule has 27 heavy (non-hydrogen) atoms. The maximum atomic E-state index is 12.5. The van der Waals surface area contributed by atoms with Gasteiger partial charge in [-0.25, -0.2) is 0 Å². The van der Waals surface area contributed by atoms with Gasteiger partial charge in [0.15, 0.2) is 23.9 Å². The highest BCUT2D eigenvalue weighted by molar-refractivity contribution is 6.08. The molecule has 7 nitrogen and oxygen atoms in total. The molecular formula is C20H19NO6. The van der Waals surface area contributed by atoms with Crippen LogP contribution in [0.25, 0.3) is 6.08 Å². The van der Waals surface area contributed by atoms with E-state index >= 15 is 0 Å². The van der Waals surface area contributed by atoms with Crippen LogP contribution in [0.4, 0.5) is 5.69 Å². The first-order chi connectivity index (χ1) is 13.0. The summed E-state index contributed by atoms with van der Waals surface area (Å²) in [7, 11) is 4.61. The molecule has 140 valence electrons. The van der Waals surface area contributed by atoms with Crippen LogP contribution in [-0.4, -0.2) is 39.6 Å². The maximum Gasteiger partial charge on any atom is 0.262 e. The Hall–Kier alpha value is -3.48. The number of allylic oxidation sites excluding steroid dienone is 1. The fourth-order valence-corrected chi connectivity index (χ4v) is 2.68. The molecule has 1 aliphatic heterocycles. The van der Waals surface area contributed by atoms with Crippen LogP contribution < -0.4 is 24.3 Å². The Balaban J connectivity index is 1.87. The van der Waals surface area contributed by atoms with Crippen LogP contribution in [0, 0.1) is 0 Å². The van der Waals surface area contributed by atoms with Gasteiger partial charge in [-0.3, -0.25) is 9.59 Å². The van der Waals surface area contributed by atoms with E-state index in [0.29, 0.717) is 39.8 Å². The van der Waals surface area contributed by atoms with Crippen molar-refractivity contribution < 1.29 is 28.5 Å². The van der Waals surface area contributed by atoms with Gasteiger partial charge in [-0.1, -0.05) is 0 Å². The lowest BCUT2D eigenvalue weighted by molar-refractivity contribution is -0.118. The molecule has 1 amide bonds. The number of rotatable bonds is 6. The zero-order valence-corrected chi connectivity index (χ0v) is 15.2. The van der Waals surface area contributed by atoms with Crippen molar-refractivity contribution >= 4 is 23.5 Å². The van der Waals surface area contributed by atoms with Gasteiger partial charge in [0.2, 0.25) is 0 Å². The molecule has 0 bridgehead atoms. The summed E-state index contributed by atoms with van der Waals surface area (Å²) in [6.45, 7) is -0.0285. The molecule has 0 saturated heterocycles. The van der Waals surface area contributed by atoms with Crippen molar-refractivity contribution in [1.82, 2.24) is 0 Å². The second kappa shape index (κ2) is 7.82. The quantitative estimate of drug-likeness (QED) is 0.623. The van der Waals surface area contributed by atoms with Crippen molar-refractivity contribution in [3.63, 3.8) is 0 Å². The van der Waals surface area contributed by atoms with Crippen LogP contribution in [0.3, 0.4) is 0 Å². The summed E-state index contributed by atoms with van der Waals surface area (Å²) < 4.78 is 21.2. The molecule has 0 aromatic heterocycles. The van der Waals surface area contributed by atoms with Gasteiger partial charge in [0.05, 0.1) is 27.0 Å². The third-order valence-electron chi connectivity index (χ3n) is 4.05. The number of ether oxygens (including phenoxy) is 4. The molecule has 0 atom stereocenters. The highest BCUT2D eigenvalue weighted by Gasteiger charge is 2.17. The Labute approximate surface area is 156 Å². The Morgan fingerprint density at radius 3 is 2.44 bits per heavy atom. The predicted octanol–water partition coefficient (Wildman–Crippen LogP) is 2.94. The van der Waals surface area contributed by atoms with Gasteiger partial charge in [0, 0.05) is 17.2 Å². The van der Waals surface area contributed by atoms with Crippen molar-refractivity contribution in [2.24, 2.45) is 0 Å². The summed E-state index contributed by atoms with van der Waals surface area (Å²) in [4.78, 5) is 24.0. The standard InChI is InChI=1S/C20H19NO6/c1-24-17-10-19(26-3)18(25-2)9-13(17)4-6-15(22)12-5-7-16-14(8-12)21-20(23)11-27-16/h4-10H,11H2,1-3H3,(H,21,23)/b6-4+. The van der Waals surface area contributed by atoms with Gasteiger partial charge in [-0.2, -0.15) is 0 Å². The van der Waals surface area contributed by atoms with E-state index in [1.54, 1.807) is 36.4 Å². The van der Waals surface area contributed by atoms with Crippen LogP contribution in [0.15, 0.2) is 36.4 Å². The van der Waals surface area contributed by atoms with Crippen LogP contribution in [0.1, 0.15) is 15.9 Å². The Morgan fingerprint density at radius 2 is 1.74 bits per heavy atom. The second-order valence-corrected chi connectivity index (χ2v) is 5.69. The molecule has 2 aromatic carbocycles. The molecule has 7 heteroatoms. The number of hydrogen-bond donors (Lipinski definition) is 1. The molecule has 0 fully saturated rings. The molecule has 0 radical (unpaired) electrons. The minimum Gasteiger partial charge on any atom is -0.496 e. The average Bonchev–Trinajstić information content (AvgIpc) is 2.70. The largest absolute Gasteiger partial charge is 0.496 e. The summed E-state index contributed by atoms with van der Waals surface area (Å²) in [6.07, 6.45) is 3.06. The lowest BCUT2D eigenvalue weighted by Gasteiger charge is -2.18. The number of nitrogens with one attached hydrogen (secondary N) is 1. The van der Waals surface area contributed by atoms with Gasteiger partial charge in [0.25, 0.3) is 5.91 Å². The minimum atomic E-state index is -0.252. The third kappa shape index (κ3) is 3.87. The van der Waals surface area contributed by atoms with E-state index in [-0.39, 0.29) is 18.3 Å². The predicted molar refractivity (Wildman–Crippen MR) is 100 cm³/mol. The van der Waals surface area contributed by atoms with E-state index in [0.717, 1.165) is 0 Å². The van der Waals surface area contributed by atoms with Gasteiger partial charge < -0.3 is 24.3 Å². The summed E-state index contributed by atoms with van der Waals surface area (Å²) in [5, 5.41) is 2.68. The molecular weight excluding hydrogens is 350 g/mol. The highest BCUT2D eigenvalue weighted by Crippen LogP contribution is 2.35. The van der Waals surface area contributed by atoms with E-state index in [1.165, 1.54) is 27.4 Å². The molecule has 3 rings (SSSR count). The SMILES string of the molecule is COc1cc(OC)c(OC)cc1/C=C/C(=O)c1ccc2c(c1)NC(=O)CO2. The molecule has 0 unspecified atom stereocenters. The maximum absolute atomic E-state index is 12.5.